The van der Waals surface area contributed by atoms with E-state index >= 15 is 0 Å². The van der Waals surface area contributed by atoms with Crippen LogP contribution in [0.5, 0.6) is 0 Å². The van der Waals surface area contributed by atoms with Gasteiger partial charge < -0.3 is 11.1 Å². The molecule has 0 unspecified atom stereocenters. The molecule has 158 valence electrons. The Morgan fingerprint density at radius 3 is 2.12 bits per heavy atom. The van der Waals surface area contributed by atoms with Crippen molar-refractivity contribution in [2.24, 2.45) is 5.73 Å². The number of carbonyl (C=O) groups excluding carboxylic acids is 3. The molecule has 3 aromatic carbocycles. The lowest BCUT2D eigenvalue weighted by atomic mass is 9.98. The lowest BCUT2D eigenvalue weighted by Crippen LogP contribution is -2.17. The third-order valence-electron chi connectivity index (χ3n) is 4.75. The first-order chi connectivity index (χ1) is 15.4. The van der Waals surface area contributed by atoms with Gasteiger partial charge in [0.15, 0.2) is 5.78 Å². The van der Waals surface area contributed by atoms with Gasteiger partial charge in [0.2, 0.25) is 0 Å². The maximum Gasteiger partial charge on any atom is 0.269 e. The van der Waals surface area contributed by atoms with Crippen LogP contribution in [-0.4, -0.2) is 27.4 Å². The van der Waals surface area contributed by atoms with Crippen LogP contribution in [0.1, 0.15) is 36.8 Å². The number of anilines is 1. The highest BCUT2D eigenvalue weighted by atomic mass is 35.5. The Morgan fingerprint density at radius 2 is 1.50 bits per heavy atom. The summed E-state index contributed by atoms with van der Waals surface area (Å²) in [7, 11) is 0. The average molecular weight is 445 g/mol. The number of nitrogens with two attached hydrogens (primary N) is 1. The maximum absolute atomic E-state index is 12.9. The number of nitrogens with one attached hydrogen (secondary N) is 1. The maximum atomic E-state index is 12.9. The zero-order valence-corrected chi connectivity index (χ0v) is 17.4. The number of amides is 2. The summed E-state index contributed by atoms with van der Waals surface area (Å²) < 4.78 is 1.51. The van der Waals surface area contributed by atoms with Gasteiger partial charge in [0.1, 0.15) is 5.69 Å². The van der Waals surface area contributed by atoms with Crippen LogP contribution in [0.25, 0.3) is 5.69 Å². The monoisotopic (exact) mass is 444 g/mol. The van der Waals surface area contributed by atoms with Gasteiger partial charge in [-0.3, -0.25) is 14.4 Å². The predicted molar refractivity (Wildman–Crippen MR) is 121 cm³/mol. The van der Waals surface area contributed by atoms with E-state index in [0.717, 1.165) is 0 Å². The summed E-state index contributed by atoms with van der Waals surface area (Å²) in [5.41, 5.74) is 7.60. The first-order valence-electron chi connectivity index (χ1n) is 9.59. The Balaban J connectivity index is 1.53. The molecule has 0 radical (unpaired) electrons. The highest BCUT2D eigenvalue weighted by Crippen LogP contribution is 2.19. The van der Waals surface area contributed by atoms with Gasteiger partial charge >= 0.3 is 0 Å². The molecule has 8 heteroatoms. The number of aromatic nitrogens is 2. The molecular weight excluding hydrogens is 428 g/mol. The Labute approximate surface area is 188 Å². The SMILES string of the molecule is NC(=O)c1ccn(-c2ccc(NC(=O)c3ccccc3C(=O)c3ccc(Cl)cc3)cc2)n1. The Hall–Kier alpha value is -4.23. The van der Waals surface area contributed by atoms with Gasteiger partial charge in [-0.25, -0.2) is 4.68 Å². The van der Waals surface area contributed by atoms with E-state index in [1.54, 1.807) is 79.0 Å². The van der Waals surface area contributed by atoms with Gasteiger partial charge in [0.05, 0.1) is 11.3 Å². The number of hydrogen-bond acceptors (Lipinski definition) is 4. The molecule has 32 heavy (non-hydrogen) atoms. The fourth-order valence-electron chi connectivity index (χ4n) is 3.13. The normalized spacial score (nSPS) is 10.5. The van der Waals surface area contributed by atoms with E-state index in [0.29, 0.717) is 27.5 Å². The highest BCUT2D eigenvalue weighted by molar-refractivity contribution is 6.30. The lowest BCUT2D eigenvalue weighted by molar-refractivity contribution is 0.0993. The Bertz CT molecular complexity index is 1310. The second kappa shape index (κ2) is 8.87. The number of primary amides is 1. The second-order valence-electron chi connectivity index (χ2n) is 6.89. The summed E-state index contributed by atoms with van der Waals surface area (Å²) in [6.07, 6.45) is 1.62. The fourth-order valence-corrected chi connectivity index (χ4v) is 3.26. The third-order valence-corrected chi connectivity index (χ3v) is 5.01. The third kappa shape index (κ3) is 4.43. The van der Waals surface area contributed by atoms with Crippen LogP contribution in [0.3, 0.4) is 0 Å². The summed E-state index contributed by atoms with van der Waals surface area (Å²) in [4.78, 5) is 37.0. The number of rotatable bonds is 6. The molecule has 0 spiro atoms. The summed E-state index contributed by atoms with van der Waals surface area (Å²) in [5.74, 6) is -1.29. The van der Waals surface area contributed by atoms with E-state index in [-0.39, 0.29) is 17.0 Å². The number of ketones is 1. The quantitative estimate of drug-likeness (QED) is 0.436. The molecule has 3 N–H and O–H groups in total. The predicted octanol–water partition coefficient (Wildman–Crippen LogP) is 4.11. The first-order valence-corrected chi connectivity index (χ1v) is 9.97. The number of carbonyl (C=O) groups is 3. The van der Waals surface area contributed by atoms with Crippen molar-refractivity contribution in [1.82, 2.24) is 9.78 Å². The molecule has 4 aromatic rings. The van der Waals surface area contributed by atoms with E-state index in [1.807, 2.05) is 0 Å². The fraction of sp³-hybridized carbons (Fsp3) is 0. The Kier molecular flexibility index (Phi) is 5.83. The highest BCUT2D eigenvalue weighted by Gasteiger charge is 2.18. The van der Waals surface area contributed by atoms with Crippen LogP contribution < -0.4 is 11.1 Å². The number of hydrogen-bond donors (Lipinski definition) is 2. The van der Waals surface area contributed by atoms with Crippen molar-refractivity contribution in [3.8, 4) is 5.69 Å². The minimum absolute atomic E-state index is 0.157. The van der Waals surface area contributed by atoms with E-state index < -0.39 is 11.8 Å². The van der Waals surface area contributed by atoms with Gasteiger partial charge in [-0.15, -0.1) is 0 Å². The van der Waals surface area contributed by atoms with Crippen molar-refractivity contribution < 1.29 is 14.4 Å². The molecule has 2 amide bonds. The molecular formula is C24H17ClN4O3. The van der Waals surface area contributed by atoms with Crippen molar-refractivity contribution in [2.75, 3.05) is 5.32 Å². The standard InChI is InChI=1S/C24H17ClN4O3/c25-16-7-5-15(6-8-16)22(30)19-3-1-2-4-20(19)24(32)27-17-9-11-18(12-10-17)29-14-13-21(28-29)23(26)31/h1-14H,(H2,26,31)(H,27,32). The van der Waals surface area contributed by atoms with Crippen molar-refractivity contribution in [3.05, 3.63) is 112 Å². The largest absolute Gasteiger partial charge is 0.364 e. The molecule has 0 saturated heterocycles. The minimum Gasteiger partial charge on any atom is -0.364 e. The van der Waals surface area contributed by atoms with Crippen LogP contribution in [-0.2, 0) is 0 Å². The molecule has 0 bridgehead atoms. The number of benzene rings is 3. The van der Waals surface area contributed by atoms with Crippen LogP contribution >= 0.6 is 11.6 Å². The van der Waals surface area contributed by atoms with Gasteiger partial charge in [0, 0.05) is 28.0 Å². The van der Waals surface area contributed by atoms with Crippen LogP contribution in [0.2, 0.25) is 5.02 Å². The van der Waals surface area contributed by atoms with E-state index in [9.17, 15) is 14.4 Å². The van der Waals surface area contributed by atoms with Crippen molar-refractivity contribution >= 4 is 34.9 Å². The van der Waals surface area contributed by atoms with Gasteiger partial charge in [-0.1, -0.05) is 29.8 Å². The van der Waals surface area contributed by atoms with Crippen LogP contribution in [0, 0.1) is 0 Å². The molecule has 4 rings (SSSR count). The molecule has 0 aliphatic carbocycles. The molecule has 0 saturated carbocycles. The summed E-state index contributed by atoms with van der Waals surface area (Å²) in [6, 6.07) is 21.5. The van der Waals surface area contributed by atoms with E-state index in [4.69, 9.17) is 17.3 Å². The van der Waals surface area contributed by atoms with Gasteiger partial charge in [0.25, 0.3) is 11.8 Å². The molecule has 1 aromatic heterocycles. The van der Waals surface area contributed by atoms with Crippen molar-refractivity contribution in [3.63, 3.8) is 0 Å². The number of halogens is 1. The zero-order valence-electron chi connectivity index (χ0n) is 16.7. The molecule has 0 fully saturated rings. The lowest BCUT2D eigenvalue weighted by Gasteiger charge is -2.10. The first kappa shape index (κ1) is 21.0. The Morgan fingerprint density at radius 1 is 0.844 bits per heavy atom. The second-order valence-corrected chi connectivity index (χ2v) is 7.33. The zero-order chi connectivity index (χ0) is 22.7. The van der Waals surface area contributed by atoms with E-state index in [2.05, 4.69) is 10.4 Å². The molecule has 0 aliphatic rings. The summed E-state index contributed by atoms with van der Waals surface area (Å²) in [6.45, 7) is 0. The van der Waals surface area contributed by atoms with Crippen LogP contribution in [0.15, 0.2) is 85.1 Å². The van der Waals surface area contributed by atoms with Crippen molar-refractivity contribution in [1.29, 1.82) is 0 Å². The van der Waals surface area contributed by atoms with Gasteiger partial charge in [-0.2, -0.15) is 5.10 Å². The molecule has 1 heterocycles. The summed E-state index contributed by atoms with van der Waals surface area (Å²) in [5, 5.41) is 7.42. The molecule has 0 aliphatic heterocycles. The summed E-state index contributed by atoms with van der Waals surface area (Å²) >= 11 is 5.90. The average Bonchev–Trinajstić information content (AvgIpc) is 3.30. The molecule has 7 nitrogen and oxygen atoms in total. The topological polar surface area (TPSA) is 107 Å². The smallest absolute Gasteiger partial charge is 0.269 e. The minimum atomic E-state index is -0.612. The van der Waals surface area contributed by atoms with Crippen LogP contribution in [0.4, 0.5) is 5.69 Å². The van der Waals surface area contributed by atoms with E-state index in [1.165, 1.54) is 10.7 Å². The van der Waals surface area contributed by atoms with Gasteiger partial charge in [-0.05, 0) is 60.7 Å². The van der Waals surface area contributed by atoms with Crippen molar-refractivity contribution in [2.45, 2.75) is 0 Å². The number of nitrogens with zero attached hydrogens (tertiary/aromatic N) is 2. The molecule has 0 atom stereocenters.